The molecule has 1 rings (SSSR count). The van der Waals surface area contributed by atoms with Crippen molar-refractivity contribution in [3.63, 3.8) is 0 Å². The van der Waals surface area contributed by atoms with E-state index in [1.54, 1.807) is 19.2 Å². The third kappa shape index (κ3) is 4.87. The fraction of sp³-hybridized carbons (Fsp3) is 0.308. The zero-order chi connectivity index (χ0) is 13.5. The smallest absolute Gasteiger partial charge is 0.193 e. The molecular weight excluding hydrogens is 297 g/mol. The van der Waals surface area contributed by atoms with Crippen LogP contribution in [0, 0.1) is 5.82 Å². The lowest BCUT2D eigenvalue weighted by Crippen LogP contribution is -2.38. The molecule has 98 valence electrons. The number of aliphatic imine (C=N–C) groups is 1. The Balaban J connectivity index is 2.59. The number of nitrogens with zero attached hydrogens (tertiary/aromatic N) is 2. The number of benzene rings is 1. The van der Waals surface area contributed by atoms with Gasteiger partial charge in [-0.2, -0.15) is 0 Å². The first-order valence-electron chi connectivity index (χ1n) is 5.52. The first-order valence-corrected chi connectivity index (χ1v) is 6.31. The van der Waals surface area contributed by atoms with Crippen LogP contribution in [-0.2, 0) is 6.54 Å². The van der Waals surface area contributed by atoms with E-state index in [1.807, 2.05) is 11.9 Å². The van der Waals surface area contributed by atoms with Gasteiger partial charge in [-0.25, -0.2) is 4.39 Å². The van der Waals surface area contributed by atoms with Gasteiger partial charge in [0.25, 0.3) is 0 Å². The molecule has 0 radical (unpaired) electrons. The van der Waals surface area contributed by atoms with Crippen LogP contribution >= 0.6 is 15.9 Å². The van der Waals surface area contributed by atoms with E-state index in [9.17, 15) is 4.39 Å². The Hall–Kier alpha value is -1.36. The molecule has 0 aliphatic heterocycles. The van der Waals surface area contributed by atoms with Gasteiger partial charge in [-0.3, -0.25) is 4.99 Å². The second kappa shape index (κ2) is 7.16. The lowest BCUT2D eigenvalue weighted by Gasteiger charge is -2.22. The van der Waals surface area contributed by atoms with Crippen LogP contribution in [0.15, 0.2) is 40.3 Å². The van der Waals surface area contributed by atoms with Gasteiger partial charge >= 0.3 is 0 Å². The van der Waals surface area contributed by atoms with Crippen molar-refractivity contribution >= 4 is 21.9 Å². The molecule has 18 heavy (non-hydrogen) atoms. The molecule has 0 saturated carbocycles. The van der Waals surface area contributed by atoms with Crippen molar-refractivity contribution in [3.8, 4) is 0 Å². The topological polar surface area (TPSA) is 27.6 Å². The number of halogens is 2. The summed E-state index contributed by atoms with van der Waals surface area (Å²) in [5.74, 6) is 0.541. The van der Waals surface area contributed by atoms with E-state index in [2.05, 4.69) is 32.8 Å². The van der Waals surface area contributed by atoms with Crippen LogP contribution in [0.1, 0.15) is 5.56 Å². The molecule has 0 aliphatic rings. The van der Waals surface area contributed by atoms with Crippen LogP contribution in [-0.4, -0.2) is 31.5 Å². The van der Waals surface area contributed by atoms with Crippen molar-refractivity contribution in [2.75, 3.05) is 20.6 Å². The first kappa shape index (κ1) is 14.7. The van der Waals surface area contributed by atoms with Crippen LogP contribution in [0.4, 0.5) is 4.39 Å². The summed E-state index contributed by atoms with van der Waals surface area (Å²) in [4.78, 5) is 6.13. The summed E-state index contributed by atoms with van der Waals surface area (Å²) in [5, 5.41) is 3.16. The number of hydrogen-bond donors (Lipinski definition) is 1. The van der Waals surface area contributed by atoms with Crippen LogP contribution in [0.25, 0.3) is 0 Å². The molecule has 0 bridgehead atoms. The molecule has 0 aromatic heterocycles. The van der Waals surface area contributed by atoms with Gasteiger partial charge in [-0.1, -0.05) is 34.6 Å². The maximum Gasteiger partial charge on any atom is 0.193 e. The predicted molar refractivity (Wildman–Crippen MR) is 77.3 cm³/mol. The van der Waals surface area contributed by atoms with Crippen LogP contribution < -0.4 is 5.32 Å². The van der Waals surface area contributed by atoms with E-state index in [4.69, 9.17) is 0 Å². The SMILES string of the molecule is C=C(Br)CNC(=NC)N(C)Cc1ccc(F)cc1. The fourth-order valence-electron chi connectivity index (χ4n) is 1.50. The van der Waals surface area contributed by atoms with E-state index in [-0.39, 0.29) is 5.82 Å². The van der Waals surface area contributed by atoms with Crippen LogP contribution in [0.2, 0.25) is 0 Å². The molecule has 0 saturated heterocycles. The Morgan fingerprint density at radius 3 is 2.56 bits per heavy atom. The molecular formula is C13H17BrFN3. The maximum atomic E-state index is 12.8. The van der Waals surface area contributed by atoms with Crippen molar-refractivity contribution in [3.05, 3.63) is 46.7 Å². The highest BCUT2D eigenvalue weighted by molar-refractivity contribution is 9.11. The van der Waals surface area contributed by atoms with E-state index in [0.29, 0.717) is 13.1 Å². The Morgan fingerprint density at radius 2 is 2.06 bits per heavy atom. The Morgan fingerprint density at radius 1 is 1.44 bits per heavy atom. The summed E-state index contributed by atoms with van der Waals surface area (Å²) in [5.41, 5.74) is 1.03. The van der Waals surface area contributed by atoms with Crippen molar-refractivity contribution in [2.45, 2.75) is 6.54 Å². The summed E-state index contributed by atoms with van der Waals surface area (Å²) in [6.07, 6.45) is 0. The second-order valence-corrected chi connectivity index (χ2v) is 5.02. The molecule has 1 aromatic carbocycles. The van der Waals surface area contributed by atoms with Gasteiger partial charge in [0.15, 0.2) is 5.96 Å². The lowest BCUT2D eigenvalue weighted by molar-refractivity contribution is 0.479. The van der Waals surface area contributed by atoms with Crippen LogP contribution in [0.5, 0.6) is 0 Å². The Kier molecular flexibility index (Phi) is 5.85. The average molecular weight is 314 g/mol. The number of hydrogen-bond acceptors (Lipinski definition) is 1. The van der Waals surface area contributed by atoms with Gasteiger partial charge in [0.2, 0.25) is 0 Å². The molecule has 3 nitrogen and oxygen atoms in total. The molecule has 5 heteroatoms. The van der Waals surface area contributed by atoms with Crippen LogP contribution in [0.3, 0.4) is 0 Å². The van der Waals surface area contributed by atoms with Gasteiger partial charge in [0, 0.05) is 31.7 Å². The highest BCUT2D eigenvalue weighted by Gasteiger charge is 2.06. The van der Waals surface area contributed by atoms with E-state index < -0.39 is 0 Å². The molecule has 0 atom stereocenters. The summed E-state index contributed by atoms with van der Waals surface area (Å²) >= 11 is 3.28. The van der Waals surface area contributed by atoms with E-state index in [0.717, 1.165) is 16.0 Å². The van der Waals surface area contributed by atoms with Gasteiger partial charge in [0.1, 0.15) is 5.82 Å². The summed E-state index contributed by atoms with van der Waals surface area (Å²) < 4.78 is 13.7. The standard InChI is InChI=1S/C13H17BrFN3/c1-10(14)8-17-13(16-2)18(3)9-11-4-6-12(15)7-5-11/h4-7H,1,8-9H2,2-3H3,(H,16,17). The lowest BCUT2D eigenvalue weighted by atomic mass is 10.2. The molecule has 0 amide bonds. The zero-order valence-electron chi connectivity index (χ0n) is 10.6. The minimum Gasteiger partial charge on any atom is -0.352 e. The predicted octanol–water partition coefficient (Wildman–Crippen LogP) is 2.74. The monoisotopic (exact) mass is 313 g/mol. The third-order valence-corrected chi connectivity index (χ3v) is 2.63. The number of guanidine groups is 1. The van der Waals surface area contributed by atoms with E-state index >= 15 is 0 Å². The van der Waals surface area contributed by atoms with Gasteiger partial charge in [-0.15, -0.1) is 0 Å². The third-order valence-electron chi connectivity index (χ3n) is 2.34. The largest absolute Gasteiger partial charge is 0.352 e. The Bertz CT molecular complexity index is 428. The fourth-order valence-corrected chi connectivity index (χ4v) is 1.64. The molecule has 0 spiro atoms. The van der Waals surface area contributed by atoms with Crippen molar-refractivity contribution in [1.29, 1.82) is 0 Å². The molecule has 0 heterocycles. The maximum absolute atomic E-state index is 12.8. The highest BCUT2D eigenvalue weighted by atomic mass is 79.9. The first-order chi connectivity index (χ1) is 8.52. The average Bonchev–Trinajstić information content (AvgIpc) is 2.32. The van der Waals surface area contributed by atoms with Gasteiger partial charge in [0.05, 0.1) is 0 Å². The quantitative estimate of drug-likeness (QED) is 0.683. The Labute approximate surface area is 116 Å². The van der Waals surface area contributed by atoms with Gasteiger partial charge in [-0.05, 0) is 17.7 Å². The summed E-state index contributed by atoms with van der Waals surface area (Å²) in [6, 6.07) is 6.45. The molecule has 1 aromatic rings. The second-order valence-electron chi connectivity index (χ2n) is 3.90. The molecule has 1 N–H and O–H groups in total. The van der Waals surface area contributed by atoms with E-state index in [1.165, 1.54) is 12.1 Å². The van der Waals surface area contributed by atoms with Crippen molar-refractivity contribution in [2.24, 2.45) is 4.99 Å². The van der Waals surface area contributed by atoms with Gasteiger partial charge < -0.3 is 10.2 Å². The minimum absolute atomic E-state index is 0.223. The normalized spacial score (nSPS) is 11.2. The minimum atomic E-state index is -0.223. The number of nitrogens with one attached hydrogen (secondary N) is 1. The summed E-state index contributed by atoms with van der Waals surface area (Å²) in [6.45, 7) is 5.03. The number of rotatable bonds is 4. The highest BCUT2D eigenvalue weighted by Crippen LogP contribution is 2.06. The van der Waals surface area contributed by atoms with Crippen molar-refractivity contribution < 1.29 is 4.39 Å². The zero-order valence-corrected chi connectivity index (χ0v) is 12.2. The van der Waals surface area contributed by atoms with Crippen molar-refractivity contribution in [1.82, 2.24) is 10.2 Å². The molecule has 0 fully saturated rings. The summed E-state index contributed by atoms with van der Waals surface area (Å²) in [7, 11) is 3.65. The molecule has 0 aliphatic carbocycles. The molecule has 0 unspecified atom stereocenters.